The molecule has 0 aliphatic carbocycles. The lowest BCUT2D eigenvalue weighted by Crippen LogP contribution is -2.53. The summed E-state index contributed by atoms with van der Waals surface area (Å²) in [5, 5.41) is 8.98. The molecule has 4 unspecified atom stereocenters. The molecule has 0 spiro atoms. The van der Waals surface area contributed by atoms with Gasteiger partial charge in [-0.05, 0) is 67.9 Å². The summed E-state index contributed by atoms with van der Waals surface area (Å²) in [5.41, 5.74) is 10.7. The third-order valence-electron chi connectivity index (χ3n) is 8.69. The van der Waals surface area contributed by atoms with Gasteiger partial charge in [0.1, 0.15) is 6.04 Å². The third-order valence-corrected chi connectivity index (χ3v) is 8.69. The van der Waals surface area contributed by atoms with Gasteiger partial charge in [0.15, 0.2) is 0 Å². The normalized spacial score (nSPS) is 13.6. The van der Waals surface area contributed by atoms with Crippen molar-refractivity contribution in [1.82, 2.24) is 20.9 Å². The molecule has 9 heteroatoms. The molecule has 0 heterocycles. The van der Waals surface area contributed by atoms with E-state index in [4.69, 9.17) is 5.73 Å². The Bertz CT molecular complexity index is 1500. The lowest BCUT2D eigenvalue weighted by atomic mass is 9.91. The molecule has 5 N–H and O–H groups in total. The Kier molecular flexibility index (Phi) is 15.5. The lowest BCUT2D eigenvalue weighted by Gasteiger charge is -2.29. The fourth-order valence-corrected chi connectivity index (χ4v) is 5.78. The number of amides is 4. The van der Waals surface area contributed by atoms with Crippen LogP contribution in [0.25, 0.3) is 0 Å². The predicted octanol–water partition coefficient (Wildman–Crippen LogP) is 5.41. The Morgan fingerprint density at radius 2 is 1.39 bits per heavy atom. The second-order valence-corrected chi connectivity index (χ2v) is 13.4. The number of nitrogens with two attached hydrogens (primary N) is 1. The molecule has 3 aromatic rings. The summed E-state index contributed by atoms with van der Waals surface area (Å²) >= 11 is 0. The first-order valence-electron chi connectivity index (χ1n) is 17.6. The van der Waals surface area contributed by atoms with Gasteiger partial charge < -0.3 is 26.6 Å². The molecule has 0 aliphatic heterocycles. The van der Waals surface area contributed by atoms with Gasteiger partial charge in [-0.1, -0.05) is 101 Å². The molecule has 0 aromatic heterocycles. The maximum atomic E-state index is 13.7. The molecular weight excluding hydrogens is 614 g/mol. The molecule has 3 rings (SSSR count). The van der Waals surface area contributed by atoms with Crippen LogP contribution in [0.15, 0.2) is 78.9 Å². The number of aryl methyl sites for hydroxylation is 1. The molecule has 0 radical (unpaired) electrons. The first-order chi connectivity index (χ1) is 23.4. The van der Waals surface area contributed by atoms with Crippen molar-refractivity contribution in [3.05, 3.63) is 107 Å². The van der Waals surface area contributed by atoms with Crippen LogP contribution in [0.5, 0.6) is 0 Å². The average Bonchev–Trinajstić information content (AvgIpc) is 3.09. The van der Waals surface area contributed by atoms with E-state index in [1.165, 1.54) is 0 Å². The minimum absolute atomic E-state index is 0.0976. The van der Waals surface area contributed by atoms with Crippen molar-refractivity contribution in [2.75, 3.05) is 13.1 Å². The molecule has 0 fully saturated rings. The monoisotopic (exact) mass is 669 g/mol. The molecule has 49 heavy (non-hydrogen) atoms. The maximum Gasteiger partial charge on any atom is 0.253 e. The zero-order valence-corrected chi connectivity index (χ0v) is 30.0. The van der Waals surface area contributed by atoms with Gasteiger partial charge in [-0.15, -0.1) is 0 Å². The van der Waals surface area contributed by atoms with Gasteiger partial charge in [-0.2, -0.15) is 0 Å². The highest BCUT2D eigenvalue weighted by atomic mass is 16.2. The molecule has 9 nitrogen and oxygen atoms in total. The van der Waals surface area contributed by atoms with E-state index in [9.17, 15) is 19.2 Å². The summed E-state index contributed by atoms with van der Waals surface area (Å²) in [5.74, 6) is -1.63. The van der Waals surface area contributed by atoms with Gasteiger partial charge in [0.25, 0.3) is 11.8 Å². The number of nitrogens with one attached hydrogen (secondary N) is 3. The minimum Gasteiger partial charge on any atom is -0.350 e. The molecular formula is C40H55N5O4. The van der Waals surface area contributed by atoms with Crippen LogP contribution >= 0.6 is 0 Å². The van der Waals surface area contributed by atoms with Crippen LogP contribution in [-0.4, -0.2) is 59.7 Å². The summed E-state index contributed by atoms with van der Waals surface area (Å²) < 4.78 is 0. The van der Waals surface area contributed by atoms with Crippen molar-refractivity contribution in [3.8, 4) is 0 Å². The van der Waals surface area contributed by atoms with E-state index in [2.05, 4.69) is 16.0 Å². The van der Waals surface area contributed by atoms with E-state index in [0.29, 0.717) is 37.2 Å². The van der Waals surface area contributed by atoms with Gasteiger partial charge >= 0.3 is 0 Å². The highest BCUT2D eigenvalue weighted by Gasteiger charge is 2.29. The largest absolute Gasteiger partial charge is 0.350 e. The molecule has 4 atom stereocenters. The van der Waals surface area contributed by atoms with Crippen molar-refractivity contribution in [3.63, 3.8) is 0 Å². The van der Waals surface area contributed by atoms with Crippen LogP contribution in [0, 0.1) is 18.8 Å². The van der Waals surface area contributed by atoms with E-state index in [1.807, 2.05) is 94.1 Å². The molecule has 0 saturated heterocycles. The summed E-state index contributed by atoms with van der Waals surface area (Å²) in [6.45, 7) is 13.3. The van der Waals surface area contributed by atoms with E-state index in [-0.39, 0.29) is 36.0 Å². The number of hydrogen-bond donors (Lipinski definition) is 4. The Balaban J connectivity index is 1.73. The highest BCUT2D eigenvalue weighted by molar-refractivity contribution is 5.99. The van der Waals surface area contributed by atoms with Gasteiger partial charge in [0.05, 0.1) is 0 Å². The van der Waals surface area contributed by atoms with Crippen LogP contribution in [0.3, 0.4) is 0 Å². The fourth-order valence-electron chi connectivity index (χ4n) is 5.78. The molecule has 0 aliphatic rings. The molecule has 264 valence electrons. The number of carbonyl (C=O) groups excluding carboxylic acids is 4. The van der Waals surface area contributed by atoms with Gasteiger partial charge in [-0.25, -0.2) is 0 Å². The summed E-state index contributed by atoms with van der Waals surface area (Å²) in [4.78, 5) is 55.2. The lowest BCUT2D eigenvalue weighted by molar-refractivity contribution is -0.132. The average molecular weight is 670 g/mol. The van der Waals surface area contributed by atoms with Gasteiger partial charge in [0.2, 0.25) is 11.8 Å². The number of rotatable bonds is 18. The minimum atomic E-state index is -0.710. The van der Waals surface area contributed by atoms with Gasteiger partial charge in [-0.3, -0.25) is 19.2 Å². The first kappa shape index (κ1) is 38.9. The maximum absolute atomic E-state index is 13.7. The highest BCUT2D eigenvalue weighted by Crippen LogP contribution is 2.16. The van der Waals surface area contributed by atoms with Crippen molar-refractivity contribution in [1.29, 1.82) is 0 Å². The molecule has 3 aromatic carbocycles. The van der Waals surface area contributed by atoms with Crippen LogP contribution in [-0.2, 0) is 22.6 Å². The Labute approximate surface area is 292 Å². The summed E-state index contributed by atoms with van der Waals surface area (Å²) in [7, 11) is 0. The molecule has 0 bridgehead atoms. The van der Waals surface area contributed by atoms with Crippen LogP contribution in [0.4, 0.5) is 0 Å². The van der Waals surface area contributed by atoms with Crippen LogP contribution < -0.4 is 21.7 Å². The van der Waals surface area contributed by atoms with Gasteiger partial charge in [0, 0.05) is 48.8 Å². The van der Waals surface area contributed by atoms with Crippen molar-refractivity contribution in [2.24, 2.45) is 17.6 Å². The number of nitrogens with zero attached hydrogens (tertiary/aromatic N) is 1. The molecule has 4 amide bonds. The zero-order valence-electron chi connectivity index (χ0n) is 30.0. The quantitative estimate of drug-likeness (QED) is 0.144. The topological polar surface area (TPSA) is 134 Å². The van der Waals surface area contributed by atoms with E-state index in [0.717, 1.165) is 29.5 Å². The summed E-state index contributed by atoms with van der Waals surface area (Å²) in [6, 6.07) is 22.6. The van der Waals surface area contributed by atoms with Crippen LogP contribution in [0.1, 0.15) is 91.3 Å². The number of carbonyl (C=O) groups is 4. The second-order valence-electron chi connectivity index (χ2n) is 13.4. The van der Waals surface area contributed by atoms with E-state index >= 15 is 0 Å². The van der Waals surface area contributed by atoms with Crippen molar-refractivity contribution >= 4 is 23.6 Å². The predicted molar refractivity (Wildman–Crippen MR) is 196 cm³/mol. The van der Waals surface area contributed by atoms with Crippen molar-refractivity contribution < 1.29 is 19.2 Å². The second kappa shape index (κ2) is 19.5. The van der Waals surface area contributed by atoms with Crippen molar-refractivity contribution in [2.45, 2.75) is 91.9 Å². The number of hydrogen-bond acceptors (Lipinski definition) is 5. The third kappa shape index (κ3) is 12.2. The van der Waals surface area contributed by atoms with E-state index < -0.39 is 24.0 Å². The Morgan fingerprint density at radius 1 is 0.755 bits per heavy atom. The zero-order chi connectivity index (χ0) is 35.9. The standard InChI is InChI=1S/C40H55N5O4/c1-7-21-45(22-8-2)40(49)33-16-12-15-32(25-33)38(47)43-35(24-30-19-17-28(5)18-20-30)34(41)23-29(6)37(46)44-36(27(3)4)39(48)42-26-31-13-10-9-11-14-31/h9-20,25,27,29,34-36H,7-8,21-24,26,41H2,1-6H3,(H,42,48)(H,43,47)(H,44,46). The fraction of sp³-hybridized carbons (Fsp3) is 0.450. The summed E-state index contributed by atoms with van der Waals surface area (Å²) in [6.07, 6.45) is 2.43. The Morgan fingerprint density at radius 3 is 2.00 bits per heavy atom. The van der Waals surface area contributed by atoms with E-state index in [1.54, 1.807) is 31.2 Å². The first-order valence-corrected chi connectivity index (χ1v) is 17.6. The Hall–Kier alpha value is -4.50. The van der Waals surface area contributed by atoms with Crippen LogP contribution in [0.2, 0.25) is 0 Å². The SMILES string of the molecule is CCCN(CCC)C(=O)c1cccc(C(=O)NC(Cc2ccc(C)cc2)C(N)CC(C)C(=O)NC(C(=O)NCc2ccccc2)C(C)C)c1. The smallest absolute Gasteiger partial charge is 0.253 e. The number of benzene rings is 3. The molecule has 0 saturated carbocycles.